The van der Waals surface area contributed by atoms with E-state index < -0.39 is 5.91 Å². The van der Waals surface area contributed by atoms with Crippen molar-refractivity contribution in [1.82, 2.24) is 9.55 Å². The lowest BCUT2D eigenvalue weighted by atomic mass is 10.3. The van der Waals surface area contributed by atoms with Gasteiger partial charge in [0, 0.05) is 18.4 Å². The van der Waals surface area contributed by atoms with Crippen molar-refractivity contribution in [3.8, 4) is 0 Å². The molecule has 1 amide bonds. The summed E-state index contributed by atoms with van der Waals surface area (Å²) >= 11 is 5.10. The molecule has 0 aliphatic rings. The normalized spacial score (nSPS) is 10.5. The van der Waals surface area contributed by atoms with Crippen molar-refractivity contribution in [2.24, 2.45) is 5.73 Å². The maximum absolute atomic E-state index is 10.4. The second-order valence-corrected chi connectivity index (χ2v) is 3.50. The fourth-order valence-corrected chi connectivity index (χ4v) is 1.57. The number of H-pyrrole nitrogens is 1. The Balaban J connectivity index is 2.46. The van der Waals surface area contributed by atoms with E-state index in [2.05, 4.69) is 11.9 Å². The van der Waals surface area contributed by atoms with Crippen molar-refractivity contribution in [3.05, 3.63) is 16.7 Å². The Hall–Kier alpha value is -1.14. The van der Waals surface area contributed by atoms with Crippen molar-refractivity contribution in [2.45, 2.75) is 19.9 Å². The largest absolute Gasteiger partial charge is 0.370 e. The Morgan fingerprint density at radius 2 is 2.47 bits per heavy atom. The molecule has 0 spiro atoms. The third-order valence-corrected chi connectivity index (χ3v) is 2.36. The highest BCUT2D eigenvalue weighted by Gasteiger charge is 2.01. The zero-order valence-electron chi connectivity index (χ0n) is 8.66. The zero-order valence-corrected chi connectivity index (χ0v) is 9.47. The van der Waals surface area contributed by atoms with Crippen LogP contribution in [0.2, 0.25) is 0 Å². The maximum Gasteiger partial charge on any atom is 0.243 e. The van der Waals surface area contributed by atoms with E-state index in [4.69, 9.17) is 22.7 Å². The number of ether oxygens (including phenoxy) is 1. The van der Waals surface area contributed by atoms with Crippen LogP contribution in [-0.4, -0.2) is 28.7 Å². The van der Waals surface area contributed by atoms with E-state index in [1.54, 1.807) is 0 Å². The minimum atomic E-state index is -0.455. The summed E-state index contributed by atoms with van der Waals surface area (Å²) in [5.41, 5.74) is 6.07. The fourth-order valence-electron chi connectivity index (χ4n) is 1.30. The molecule has 0 saturated carbocycles. The van der Waals surface area contributed by atoms with Gasteiger partial charge in [-0.1, -0.05) is 6.92 Å². The molecule has 0 fully saturated rings. The van der Waals surface area contributed by atoms with Gasteiger partial charge in [-0.3, -0.25) is 4.79 Å². The van der Waals surface area contributed by atoms with Crippen molar-refractivity contribution in [1.29, 1.82) is 0 Å². The van der Waals surface area contributed by atoms with Gasteiger partial charge < -0.3 is 20.0 Å². The first kappa shape index (κ1) is 11.9. The lowest BCUT2D eigenvalue weighted by molar-refractivity contribution is -0.122. The number of imidazole rings is 1. The third-order valence-electron chi connectivity index (χ3n) is 2.02. The number of primary amides is 1. The number of aryl methyl sites for hydroxylation is 1. The number of carbonyl (C=O) groups excluding carboxylic acids is 1. The molecular weight excluding hydrogens is 214 g/mol. The molecular formula is C9H15N3O2S. The number of aromatic nitrogens is 2. The van der Waals surface area contributed by atoms with Crippen LogP contribution < -0.4 is 5.73 Å². The predicted octanol–water partition coefficient (Wildman–Crippen LogP) is 0.610. The van der Waals surface area contributed by atoms with E-state index in [0.29, 0.717) is 17.9 Å². The first-order valence-corrected chi connectivity index (χ1v) is 5.19. The Morgan fingerprint density at radius 1 is 1.73 bits per heavy atom. The Labute approximate surface area is 93.2 Å². The lowest BCUT2D eigenvalue weighted by Gasteiger charge is -2.06. The van der Waals surface area contributed by atoms with Gasteiger partial charge >= 0.3 is 0 Å². The number of nitrogens with one attached hydrogen (secondary N) is 1. The Bertz CT molecular complexity index is 383. The van der Waals surface area contributed by atoms with Crippen LogP contribution in [0.5, 0.6) is 0 Å². The summed E-state index contributed by atoms with van der Waals surface area (Å²) in [5, 5.41) is 0. The van der Waals surface area contributed by atoms with E-state index in [-0.39, 0.29) is 6.61 Å². The molecule has 3 N–H and O–H groups in total. The number of nitrogens with two attached hydrogens (primary N) is 1. The first-order chi connectivity index (χ1) is 7.15. The van der Waals surface area contributed by atoms with Gasteiger partial charge in [0.1, 0.15) is 6.61 Å². The molecule has 1 aromatic heterocycles. The standard InChI is InChI=1S/C9H15N3O2S/c1-2-7-5-11-9(15)12(7)3-4-14-6-8(10)13/h5H,2-4,6H2,1H3,(H2,10,13)(H,11,15). The molecule has 0 aromatic carbocycles. The van der Waals surface area contributed by atoms with Crippen LogP contribution in [-0.2, 0) is 22.5 Å². The molecule has 15 heavy (non-hydrogen) atoms. The van der Waals surface area contributed by atoms with Crippen molar-refractivity contribution in [2.75, 3.05) is 13.2 Å². The van der Waals surface area contributed by atoms with Crippen molar-refractivity contribution >= 4 is 18.1 Å². The number of amides is 1. The second-order valence-electron chi connectivity index (χ2n) is 3.11. The predicted molar refractivity (Wildman–Crippen MR) is 59.0 cm³/mol. The summed E-state index contributed by atoms with van der Waals surface area (Å²) < 4.78 is 7.70. The molecule has 0 atom stereocenters. The van der Waals surface area contributed by atoms with Crippen LogP contribution in [0.4, 0.5) is 0 Å². The molecule has 0 radical (unpaired) electrons. The van der Waals surface area contributed by atoms with E-state index in [1.165, 1.54) is 0 Å². The molecule has 1 rings (SSSR count). The van der Waals surface area contributed by atoms with Crippen LogP contribution in [0.25, 0.3) is 0 Å². The highest BCUT2D eigenvalue weighted by molar-refractivity contribution is 7.71. The SMILES string of the molecule is CCc1c[nH]c(=S)n1CCOCC(N)=O. The molecule has 84 valence electrons. The molecule has 0 bridgehead atoms. The average Bonchev–Trinajstić information content (AvgIpc) is 2.54. The number of nitrogens with zero attached hydrogens (tertiary/aromatic N) is 1. The number of carbonyl (C=O) groups is 1. The van der Waals surface area contributed by atoms with Crippen LogP contribution >= 0.6 is 12.2 Å². The van der Waals surface area contributed by atoms with Gasteiger partial charge in [0.05, 0.1) is 6.61 Å². The van der Waals surface area contributed by atoms with Crippen LogP contribution in [0.15, 0.2) is 6.20 Å². The van der Waals surface area contributed by atoms with Crippen LogP contribution in [0, 0.1) is 4.77 Å². The molecule has 0 saturated heterocycles. The highest BCUT2D eigenvalue weighted by atomic mass is 32.1. The summed E-state index contributed by atoms with van der Waals surface area (Å²) in [7, 11) is 0. The molecule has 0 aliphatic carbocycles. The highest BCUT2D eigenvalue weighted by Crippen LogP contribution is 2.02. The number of rotatable bonds is 6. The average molecular weight is 229 g/mol. The molecule has 0 unspecified atom stereocenters. The van der Waals surface area contributed by atoms with Gasteiger partial charge in [0.15, 0.2) is 4.77 Å². The van der Waals surface area contributed by atoms with E-state index in [1.807, 2.05) is 10.8 Å². The van der Waals surface area contributed by atoms with Crippen LogP contribution in [0.3, 0.4) is 0 Å². The quantitative estimate of drug-likeness (QED) is 0.554. The zero-order chi connectivity index (χ0) is 11.3. The van der Waals surface area contributed by atoms with Crippen LogP contribution in [0.1, 0.15) is 12.6 Å². The van der Waals surface area contributed by atoms with Crippen molar-refractivity contribution in [3.63, 3.8) is 0 Å². The van der Waals surface area contributed by atoms with Gasteiger partial charge in [-0.2, -0.15) is 0 Å². The minimum absolute atomic E-state index is 0.0425. The number of aromatic amines is 1. The number of hydrogen-bond acceptors (Lipinski definition) is 3. The Kier molecular flexibility index (Phi) is 4.51. The smallest absolute Gasteiger partial charge is 0.243 e. The van der Waals surface area contributed by atoms with Gasteiger partial charge in [0.2, 0.25) is 5.91 Å². The van der Waals surface area contributed by atoms with Gasteiger partial charge in [0.25, 0.3) is 0 Å². The second kappa shape index (κ2) is 5.67. The topological polar surface area (TPSA) is 73.0 Å². The monoisotopic (exact) mass is 229 g/mol. The summed E-state index contributed by atoms with van der Waals surface area (Å²) in [6.45, 7) is 3.08. The minimum Gasteiger partial charge on any atom is -0.370 e. The summed E-state index contributed by atoms with van der Waals surface area (Å²) in [4.78, 5) is 13.4. The van der Waals surface area contributed by atoms with Gasteiger partial charge in [-0.05, 0) is 18.6 Å². The lowest BCUT2D eigenvalue weighted by Crippen LogP contribution is -2.20. The molecule has 5 nitrogen and oxygen atoms in total. The molecule has 1 aromatic rings. The van der Waals surface area contributed by atoms with E-state index in [9.17, 15) is 4.79 Å². The first-order valence-electron chi connectivity index (χ1n) is 4.78. The molecule has 1 heterocycles. The van der Waals surface area contributed by atoms with Gasteiger partial charge in [-0.15, -0.1) is 0 Å². The third kappa shape index (κ3) is 3.49. The van der Waals surface area contributed by atoms with Gasteiger partial charge in [-0.25, -0.2) is 0 Å². The number of hydrogen-bond donors (Lipinski definition) is 2. The summed E-state index contributed by atoms with van der Waals surface area (Å²) in [6.07, 6.45) is 2.79. The fraction of sp³-hybridized carbons (Fsp3) is 0.556. The summed E-state index contributed by atoms with van der Waals surface area (Å²) in [5.74, 6) is -0.455. The Morgan fingerprint density at radius 3 is 3.07 bits per heavy atom. The maximum atomic E-state index is 10.4. The molecule has 6 heteroatoms. The molecule has 0 aliphatic heterocycles. The summed E-state index contributed by atoms with van der Waals surface area (Å²) in [6, 6.07) is 0. The van der Waals surface area contributed by atoms with E-state index in [0.717, 1.165) is 12.1 Å². The van der Waals surface area contributed by atoms with Crippen molar-refractivity contribution < 1.29 is 9.53 Å². The van der Waals surface area contributed by atoms with E-state index >= 15 is 0 Å².